The molecule has 560 valence electrons. The number of anilines is 3. The van der Waals surface area contributed by atoms with Crippen molar-refractivity contribution in [1.29, 1.82) is 0 Å². The van der Waals surface area contributed by atoms with Crippen LogP contribution in [0.15, 0.2) is 68.4 Å². The van der Waals surface area contributed by atoms with Gasteiger partial charge in [-0.05, 0) is 285 Å². The van der Waals surface area contributed by atoms with Gasteiger partial charge in [-0.15, -0.1) is 0 Å². The molecule has 3 aromatic carbocycles. The number of amides is 6. The van der Waals surface area contributed by atoms with Crippen LogP contribution in [0.25, 0.3) is 32.3 Å². The number of fused-ring (bicyclic) bond motifs is 3. The molecule has 1 aliphatic heterocycles. The lowest BCUT2D eigenvalue weighted by Crippen LogP contribution is -2.44. The molecule has 102 heavy (non-hydrogen) atoms. The van der Waals surface area contributed by atoms with E-state index >= 15 is 0 Å². The van der Waals surface area contributed by atoms with Crippen molar-refractivity contribution in [2.45, 2.75) is 223 Å². The topological polar surface area (TPSA) is 263 Å². The summed E-state index contributed by atoms with van der Waals surface area (Å²) < 4.78 is 57.5. The van der Waals surface area contributed by atoms with Gasteiger partial charge in [-0.1, -0.05) is 15.9 Å². The summed E-state index contributed by atoms with van der Waals surface area (Å²) in [6, 6.07) is 11.4. The van der Waals surface area contributed by atoms with Crippen LogP contribution in [-0.2, 0) is 49.8 Å². The molecule has 0 bridgehead atoms. The lowest BCUT2D eigenvalue weighted by molar-refractivity contribution is -0.156. The zero-order valence-corrected chi connectivity index (χ0v) is 69.6. The number of ether oxygens (including phenoxy) is 10. The van der Waals surface area contributed by atoms with Crippen LogP contribution in [-0.4, -0.2) is 136 Å². The number of benzene rings is 3. The Hall–Kier alpha value is -7.14. The van der Waals surface area contributed by atoms with E-state index in [1.54, 1.807) is 131 Å². The molecule has 28 heteroatoms. The molecular weight excluding hydrogens is 1580 g/mol. The van der Waals surface area contributed by atoms with Crippen LogP contribution in [0.3, 0.4) is 0 Å². The molecule has 1 fully saturated rings. The van der Waals surface area contributed by atoms with Gasteiger partial charge in [0.05, 0.1) is 37.5 Å². The number of piperidine rings is 1. The fourth-order valence-corrected chi connectivity index (χ4v) is 11.7. The third-order valence-electron chi connectivity index (χ3n) is 13.8. The number of aryl methyl sites for hydroxylation is 1. The number of methoxy groups -OCH3 is 3. The Labute approximate surface area is 632 Å². The summed E-state index contributed by atoms with van der Waals surface area (Å²) in [5.74, 6) is 1.72. The molecule has 0 spiro atoms. The third kappa shape index (κ3) is 25.1. The van der Waals surface area contributed by atoms with Crippen molar-refractivity contribution in [2.75, 3.05) is 49.1 Å². The second-order valence-corrected chi connectivity index (χ2v) is 34.3. The van der Waals surface area contributed by atoms with Gasteiger partial charge in [0.25, 0.3) is 0 Å². The first-order valence-corrected chi connectivity index (χ1v) is 36.5. The van der Waals surface area contributed by atoms with Gasteiger partial charge in [0, 0.05) is 66.5 Å². The van der Waals surface area contributed by atoms with Crippen molar-refractivity contribution >= 4 is 156 Å². The molecule has 0 aliphatic carbocycles. The smallest absolute Gasteiger partial charge is 0.425 e. The van der Waals surface area contributed by atoms with E-state index in [1.807, 2.05) is 64.1 Å². The number of esters is 1. The molecular formula is C74H99Br4N7O17. The van der Waals surface area contributed by atoms with Crippen LogP contribution in [0.4, 0.5) is 46.2 Å². The van der Waals surface area contributed by atoms with E-state index in [0.717, 1.165) is 73.5 Å². The summed E-state index contributed by atoms with van der Waals surface area (Å²) in [5.41, 5.74) is -2.58. The summed E-state index contributed by atoms with van der Waals surface area (Å²) in [6.45, 7) is 40.9. The van der Waals surface area contributed by atoms with Crippen LogP contribution in [0.5, 0.6) is 17.2 Å². The van der Waals surface area contributed by atoms with Crippen molar-refractivity contribution in [1.82, 2.24) is 19.9 Å². The van der Waals surface area contributed by atoms with E-state index in [-0.39, 0.29) is 23.4 Å². The van der Waals surface area contributed by atoms with Crippen molar-refractivity contribution in [3.63, 3.8) is 0 Å². The van der Waals surface area contributed by atoms with E-state index in [0.29, 0.717) is 71.0 Å². The van der Waals surface area contributed by atoms with Crippen LogP contribution in [0.2, 0.25) is 0 Å². The van der Waals surface area contributed by atoms with Crippen molar-refractivity contribution in [3.8, 4) is 17.2 Å². The summed E-state index contributed by atoms with van der Waals surface area (Å²) >= 11 is 14.0. The van der Waals surface area contributed by atoms with Crippen LogP contribution in [0.1, 0.15) is 181 Å². The molecule has 7 rings (SSSR count). The maximum Gasteiger partial charge on any atom is 0.425 e. The maximum atomic E-state index is 13.4. The normalized spacial score (nSPS) is 13.3. The number of aromatic nitrogens is 3. The highest BCUT2D eigenvalue weighted by atomic mass is 79.9. The zero-order valence-electron chi connectivity index (χ0n) is 63.3. The van der Waals surface area contributed by atoms with Crippen molar-refractivity contribution in [3.05, 3.63) is 85.1 Å². The molecule has 1 aliphatic rings. The lowest BCUT2D eigenvalue weighted by Gasteiger charge is -2.32. The van der Waals surface area contributed by atoms with E-state index in [2.05, 4.69) is 83.6 Å². The Morgan fingerprint density at radius 1 is 0.422 bits per heavy atom. The van der Waals surface area contributed by atoms with Crippen LogP contribution >= 0.6 is 63.7 Å². The van der Waals surface area contributed by atoms with Crippen molar-refractivity contribution in [2.24, 2.45) is 5.92 Å². The molecule has 24 nitrogen and oxygen atoms in total. The fourth-order valence-electron chi connectivity index (χ4n) is 10.1. The number of nitrogens with zero attached hydrogens (tertiary/aromatic N) is 7. The summed E-state index contributed by atoms with van der Waals surface area (Å²) in [6.07, 6.45) is 1.49. The summed E-state index contributed by atoms with van der Waals surface area (Å²) in [5, 5.41) is 4.22. The van der Waals surface area contributed by atoms with Gasteiger partial charge in [-0.3, -0.25) is 9.69 Å². The van der Waals surface area contributed by atoms with Crippen LogP contribution in [0, 0.1) is 12.8 Å². The predicted molar refractivity (Wildman–Crippen MR) is 409 cm³/mol. The third-order valence-corrected chi connectivity index (χ3v) is 16.4. The quantitative estimate of drug-likeness (QED) is 0.0663. The minimum atomic E-state index is -0.904. The fraction of sp³-hybridized carbons (Fsp3) is 0.541. The number of pyridine rings is 3. The Morgan fingerprint density at radius 3 is 0.980 bits per heavy atom. The van der Waals surface area contributed by atoms with Gasteiger partial charge in [-0.25, -0.2) is 43.7 Å². The minimum Gasteiger partial charge on any atom is -0.496 e. The second kappa shape index (κ2) is 34.2. The molecule has 0 unspecified atom stereocenters. The van der Waals surface area contributed by atoms with Gasteiger partial charge in [0.1, 0.15) is 56.5 Å². The predicted octanol–water partition coefficient (Wildman–Crippen LogP) is 20.2. The summed E-state index contributed by atoms with van der Waals surface area (Å²) in [7, 11) is 4.57. The largest absolute Gasteiger partial charge is 0.496 e. The number of likely N-dealkylation sites (tertiary alicyclic amines) is 1. The molecule has 0 saturated carbocycles. The van der Waals surface area contributed by atoms with E-state index in [1.165, 1.54) is 33.7 Å². The van der Waals surface area contributed by atoms with Gasteiger partial charge in [0.15, 0.2) is 17.5 Å². The molecule has 6 aromatic rings. The highest BCUT2D eigenvalue weighted by molar-refractivity contribution is 9.11. The average molecular weight is 1680 g/mol. The van der Waals surface area contributed by atoms with E-state index < -0.39 is 75.8 Å². The van der Waals surface area contributed by atoms with Crippen LogP contribution < -0.4 is 28.9 Å². The molecule has 3 aromatic heterocycles. The number of hydrogen-bond acceptors (Lipinski definition) is 21. The molecule has 1 saturated heterocycles. The lowest BCUT2D eigenvalue weighted by atomic mass is 9.93. The second-order valence-electron chi connectivity index (χ2n) is 31.2. The Morgan fingerprint density at radius 2 is 0.696 bits per heavy atom. The Kier molecular flexibility index (Phi) is 28.7. The Balaban J connectivity index is 0.000000283. The molecule has 0 atom stereocenters. The standard InChI is InChI=1S/C32H46BrN3O7.C21H26Br2N2O5.C21H27BrN2O5/c1-30(2,3)41-25(37)17-20-11-13-35(14-12-20)19-21-15-22-23(33)18-34-27(26(22)24(16-21)40-10)36(28(38)42-31(4,5)6)29(39)43-32(7,8)9;1-20(2,3)29-18(26)25(19(27)30-21(4,5)6)17-16-13(14(23)11-24-17)8-12(10-22)9-15(16)28-7;1-12-9-13-14(22)11-23-17(16(13)15(10-12)27-8)24(18(25)28-20(2,3)4)19(26)29-21(5,6)7/h15-16,18,20H,11-14,17,19H2,1-10H3;8-9,11H,10H2,1-7H3;9-11H,1-8H3. The number of hydrogen-bond donors (Lipinski definition) is 0. The number of rotatable bonds is 11. The first-order chi connectivity index (χ1) is 46.8. The average Bonchev–Trinajstić information content (AvgIpc) is 0.772. The van der Waals surface area contributed by atoms with E-state index in [4.69, 9.17) is 47.4 Å². The number of carbonyl (C=O) groups excluding carboxylic acids is 7. The minimum absolute atomic E-state index is 0.0491. The number of imide groups is 3. The van der Waals surface area contributed by atoms with E-state index in [9.17, 15) is 33.6 Å². The molecule has 0 N–H and O–H groups in total. The van der Waals surface area contributed by atoms with Crippen molar-refractivity contribution < 1.29 is 80.9 Å². The Bertz CT molecular complexity index is 3970. The summed E-state index contributed by atoms with van der Waals surface area (Å²) in [4.78, 5) is 109. The van der Waals surface area contributed by atoms with Gasteiger partial charge in [-0.2, -0.15) is 14.7 Å². The first kappa shape index (κ1) is 85.5. The van der Waals surface area contributed by atoms with Gasteiger partial charge >= 0.3 is 42.5 Å². The van der Waals surface area contributed by atoms with Gasteiger partial charge < -0.3 is 47.4 Å². The number of carbonyl (C=O) groups is 7. The molecule has 4 heterocycles. The number of halogens is 4. The first-order valence-electron chi connectivity index (χ1n) is 33.0. The van der Waals surface area contributed by atoms with Gasteiger partial charge in [0.2, 0.25) is 0 Å². The maximum absolute atomic E-state index is 13.4. The SMILES string of the molecule is COc1cc(C)cc2c(Br)cnc(N(C(=O)OC(C)(C)C)C(=O)OC(C)(C)C)c12.COc1cc(CBr)cc2c(Br)cnc(N(C(=O)OC(C)(C)C)C(=O)OC(C)(C)C)c12.COc1cc(CN2CCC(CC(=O)OC(C)(C)C)CC2)cc2c(Br)cnc(N(C(=O)OC(C)(C)C)C(=O)OC(C)(C)C)c12. The highest BCUT2D eigenvalue weighted by Crippen LogP contribution is 2.43. The highest BCUT2D eigenvalue weighted by Gasteiger charge is 2.40. The molecule has 0 radical (unpaired) electrons. The monoisotopic (exact) mass is 1670 g/mol. The zero-order chi connectivity index (χ0) is 77.3. The molecule has 6 amide bonds. The number of alkyl halides is 1.